The Balaban J connectivity index is 0.974. The topological polar surface area (TPSA) is 41.1 Å². The van der Waals surface area contributed by atoms with Crippen molar-refractivity contribution in [2.75, 3.05) is 0 Å². The first-order chi connectivity index (χ1) is 34.2. The van der Waals surface area contributed by atoms with Crippen molar-refractivity contribution in [3.8, 4) is 39.1 Å². The Bertz CT molecular complexity index is 3740. The molecule has 2 unspecified atom stereocenters. The summed E-state index contributed by atoms with van der Waals surface area (Å²) in [6, 6.07) is 54.1. The van der Waals surface area contributed by atoms with Crippen molar-refractivity contribution in [2.45, 2.75) is 71.6 Å². The Morgan fingerprint density at radius 2 is 1.49 bits per heavy atom. The Morgan fingerprint density at radius 3 is 2.29 bits per heavy atom. The van der Waals surface area contributed by atoms with Crippen LogP contribution in [0.1, 0.15) is 92.0 Å². The number of aromatic nitrogens is 1. The molecule has 70 heavy (non-hydrogen) atoms. The molecule has 9 aromatic rings. The van der Waals surface area contributed by atoms with E-state index in [1.807, 2.05) is 6.21 Å². The second kappa shape index (κ2) is 17.5. The molecule has 3 aliphatic carbocycles. The number of fused-ring (bicyclic) bond motifs is 6. The number of benzene rings is 7. The van der Waals surface area contributed by atoms with Gasteiger partial charge in [0.15, 0.2) is 0 Å². The maximum absolute atomic E-state index is 9.50. The van der Waals surface area contributed by atoms with E-state index in [0.717, 1.165) is 57.5 Å². The van der Waals surface area contributed by atoms with E-state index in [1.165, 1.54) is 88.7 Å². The number of allylic oxidation sites excluding steroid dienone is 8. The van der Waals surface area contributed by atoms with E-state index in [2.05, 4.69) is 221 Å². The summed E-state index contributed by atoms with van der Waals surface area (Å²) in [5.74, 6) is 0.391. The van der Waals surface area contributed by atoms with E-state index in [0.29, 0.717) is 11.6 Å². The van der Waals surface area contributed by atoms with Gasteiger partial charge in [-0.3, -0.25) is 4.99 Å². The molecule has 0 saturated heterocycles. The fourth-order valence-corrected chi connectivity index (χ4v) is 12.6. The van der Waals surface area contributed by atoms with Crippen LogP contribution in [-0.2, 0) is 5.41 Å². The van der Waals surface area contributed by atoms with Crippen molar-refractivity contribution in [1.82, 2.24) is 4.57 Å². The molecule has 0 amide bonds. The molecule has 0 aliphatic heterocycles. The molecule has 3 aliphatic rings. The van der Waals surface area contributed by atoms with E-state index in [9.17, 15) is 5.41 Å². The summed E-state index contributed by atoms with van der Waals surface area (Å²) in [5, 5.41) is 13.2. The third-order valence-corrected chi connectivity index (χ3v) is 16.7. The number of nitrogens with zero attached hydrogens (tertiary/aromatic N) is 2. The van der Waals surface area contributed by atoms with Crippen LogP contribution in [0, 0.1) is 18.3 Å². The van der Waals surface area contributed by atoms with Crippen LogP contribution in [0.3, 0.4) is 0 Å². The number of hydrogen-bond acceptors (Lipinski definition) is 3. The summed E-state index contributed by atoms with van der Waals surface area (Å²) in [6.45, 7) is 11.7. The van der Waals surface area contributed by atoms with Gasteiger partial charge in [-0.1, -0.05) is 149 Å². The monoisotopic (exact) mass is 923 g/mol. The maximum atomic E-state index is 9.50. The second-order valence-corrected chi connectivity index (χ2v) is 21.2. The maximum Gasteiger partial charge on any atom is 0.0907 e. The van der Waals surface area contributed by atoms with Crippen molar-refractivity contribution < 1.29 is 0 Å². The molecule has 7 aromatic carbocycles. The van der Waals surface area contributed by atoms with Gasteiger partial charge in [0.25, 0.3) is 0 Å². The number of hydrogen-bond donors (Lipinski definition) is 1. The molecule has 342 valence electrons. The Morgan fingerprint density at radius 1 is 0.743 bits per heavy atom. The molecule has 0 bridgehead atoms. The molecule has 0 saturated carbocycles. The lowest BCUT2D eigenvalue weighted by molar-refractivity contribution is 0.652. The van der Waals surface area contributed by atoms with Crippen molar-refractivity contribution in [1.29, 1.82) is 5.41 Å². The van der Waals surface area contributed by atoms with Crippen molar-refractivity contribution in [3.63, 3.8) is 0 Å². The molecule has 3 nitrogen and oxygen atoms in total. The summed E-state index contributed by atoms with van der Waals surface area (Å²) in [4.78, 5) is 6.29. The predicted octanol–water partition coefficient (Wildman–Crippen LogP) is 18.5. The third kappa shape index (κ3) is 7.40. The number of aryl methyl sites for hydroxylation is 1. The average Bonchev–Trinajstić information content (AvgIpc) is 4.01. The average molecular weight is 924 g/mol. The van der Waals surface area contributed by atoms with Crippen LogP contribution in [0.25, 0.3) is 76.5 Å². The molecular weight excluding hydrogens is 867 g/mol. The van der Waals surface area contributed by atoms with Gasteiger partial charge in [-0.05, 0) is 172 Å². The van der Waals surface area contributed by atoms with Crippen LogP contribution in [0.15, 0.2) is 193 Å². The van der Waals surface area contributed by atoms with E-state index in [1.54, 1.807) is 11.3 Å². The summed E-state index contributed by atoms with van der Waals surface area (Å²) in [5.41, 5.74) is 21.8. The van der Waals surface area contributed by atoms with Crippen LogP contribution in [0.4, 0.5) is 5.69 Å². The van der Waals surface area contributed by atoms with Crippen LogP contribution in [0.2, 0.25) is 0 Å². The lowest BCUT2D eigenvalue weighted by Gasteiger charge is -2.24. The van der Waals surface area contributed by atoms with Gasteiger partial charge in [0.1, 0.15) is 0 Å². The molecule has 2 aromatic heterocycles. The summed E-state index contributed by atoms with van der Waals surface area (Å²) in [7, 11) is 0. The fraction of sp³-hybridized carbons (Fsp3) is 0.182. The third-order valence-electron chi connectivity index (χ3n) is 15.6. The molecule has 4 heteroatoms. The zero-order chi connectivity index (χ0) is 47.7. The lowest BCUT2D eigenvalue weighted by atomic mass is 9.80. The van der Waals surface area contributed by atoms with Crippen molar-refractivity contribution in [2.24, 2.45) is 10.9 Å². The molecule has 12 rings (SSSR count). The SMILES string of the molecule is CCC(C)c1ccc(C=Nc2c(C(=N)C3C=CC=CC3)sc3ccc(-c4ccccc4)cc23)cc1-c1cc(-c2ccc3c(c2)c2cc4c(cc2n3-c2ccccc2)C(C)(C)C2=C4CCC=C2)ccc1C. The first kappa shape index (κ1) is 43.9. The molecule has 2 heterocycles. The van der Waals surface area contributed by atoms with Gasteiger partial charge < -0.3 is 9.98 Å². The smallest absolute Gasteiger partial charge is 0.0907 e. The Labute approximate surface area is 416 Å². The largest absolute Gasteiger partial charge is 0.309 e. The zero-order valence-electron chi connectivity index (χ0n) is 40.7. The summed E-state index contributed by atoms with van der Waals surface area (Å²) >= 11 is 1.68. The lowest BCUT2D eigenvalue weighted by Crippen LogP contribution is -2.16. The highest BCUT2D eigenvalue weighted by Crippen LogP contribution is 2.52. The number of aliphatic imine (C=N–C) groups is 1. The first-order valence-corrected chi connectivity index (χ1v) is 25.9. The van der Waals surface area contributed by atoms with Gasteiger partial charge in [0.2, 0.25) is 0 Å². The molecule has 0 radical (unpaired) electrons. The molecule has 0 spiro atoms. The minimum absolute atomic E-state index is 0.0219. The minimum Gasteiger partial charge on any atom is -0.309 e. The van der Waals surface area contributed by atoms with Crippen LogP contribution in [-0.4, -0.2) is 16.5 Å². The second-order valence-electron chi connectivity index (χ2n) is 20.1. The highest BCUT2D eigenvalue weighted by Gasteiger charge is 2.38. The van der Waals surface area contributed by atoms with Gasteiger partial charge in [0.05, 0.1) is 27.3 Å². The van der Waals surface area contributed by atoms with E-state index < -0.39 is 0 Å². The van der Waals surface area contributed by atoms with Gasteiger partial charge in [0, 0.05) is 44.1 Å². The molecule has 1 N–H and O–H groups in total. The molecular formula is C66H57N3S. The van der Waals surface area contributed by atoms with Gasteiger partial charge in [-0.2, -0.15) is 0 Å². The van der Waals surface area contributed by atoms with E-state index in [-0.39, 0.29) is 11.3 Å². The fourth-order valence-electron chi connectivity index (χ4n) is 11.5. The number of rotatable bonds is 10. The highest BCUT2D eigenvalue weighted by atomic mass is 32.1. The van der Waals surface area contributed by atoms with E-state index >= 15 is 0 Å². The highest BCUT2D eigenvalue weighted by molar-refractivity contribution is 7.21. The van der Waals surface area contributed by atoms with Gasteiger partial charge in [-0.25, -0.2) is 0 Å². The number of nitrogens with one attached hydrogen (secondary N) is 1. The Hall–Kier alpha value is -7.40. The van der Waals surface area contributed by atoms with Crippen molar-refractivity contribution in [3.05, 3.63) is 220 Å². The van der Waals surface area contributed by atoms with Gasteiger partial charge >= 0.3 is 0 Å². The molecule has 2 atom stereocenters. The Kier molecular flexibility index (Phi) is 11.0. The number of thiophene rings is 1. The minimum atomic E-state index is -0.0449. The van der Waals surface area contributed by atoms with Crippen LogP contribution < -0.4 is 0 Å². The summed E-state index contributed by atoms with van der Waals surface area (Å²) < 4.78 is 3.62. The normalized spacial score (nSPS) is 16.5. The zero-order valence-corrected chi connectivity index (χ0v) is 41.5. The van der Waals surface area contributed by atoms with Crippen LogP contribution in [0.5, 0.6) is 0 Å². The van der Waals surface area contributed by atoms with E-state index in [4.69, 9.17) is 4.99 Å². The standard InChI is InChI=1S/C66H57N3S/c1-6-41(2)50-31-27-43(40-68-64-57-37-46(44-18-10-7-11-19-44)30-33-62(57)70-65(64)63(67)45-20-12-8-13-21-45)34-53(50)52-35-47(28-26-42(52)3)48-29-32-60-55(36-48)56-38-54-51-24-16-17-25-58(51)66(4,5)59(54)39-61(56)69(60)49-22-14-9-15-23-49/h7-15,17-20,22-23,25-41,45,67H,6,16,21,24H2,1-5H3. The number of para-hydroxylation sites is 1. The predicted molar refractivity (Wildman–Crippen MR) is 301 cm³/mol. The van der Waals surface area contributed by atoms with Crippen molar-refractivity contribution >= 4 is 66.4 Å². The van der Waals surface area contributed by atoms with Crippen LogP contribution >= 0.6 is 11.3 Å². The summed E-state index contributed by atoms with van der Waals surface area (Å²) in [6.07, 6.45) is 19.3. The first-order valence-electron chi connectivity index (χ1n) is 25.1. The quantitative estimate of drug-likeness (QED) is 0.133. The van der Waals surface area contributed by atoms with Gasteiger partial charge in [-0.15, -0.1) is 11.3 Å². The molecule has 0 fully saturated rings.